The normalized spacial score (nSPS) is 17.0. The largest absolute Gasteiger partial charge is 0.493 e. The first-order valence-electron chi connectivity index (χ1n) is 12.2. The highest BCUT2D eigenvalue weighted by molar-refractivity contribution is 6.07. The highest BCUT2D eigenvalue weighted by Gasteiger charge is 2.51. The van der Waals surface area contributed by atoms with E-state index in [4.69, 9.17) is 9.47 Å². The number of rotatable bonds is 8. The number of nitrogens with zero attached hydrogens (tertiary/aromatic N) is 2. The molecule has 1 saturated heterocycles. The molecule has 3 aromatic rings. The van der Waals surface area contributed by atoms with Gasteiger partial charge in [-0.3, -0.25) is 9.69 Å². The van der Waals surface area contributed by atoms with E-state index in [-0.39, 0.29) is 18.6 Å². The van der Waals surface area contributed by atoms with Crippen molar-refractivity contribution in [2.24, 2.45) is 0 Å². The molecule has 7 heteroatoms. The van der Waals surface area contributed by atoms with Crippen LogP contribution >= 0.6 is 0 Å². The first-order chi connectivity index (χ1) is 17.5. The molecule has 5 rings (SSSR count). The number of carbonyl (C=O) groups excluding carboxylic acids is 2. The molecule has 0 bridgehead atoms. The molecule has 0 aliphatic carbocycles. The first-order valence-corrected chi connectivity index (χ1v) is 12.2. The van der Waals surface area contributed by atoms with Crippen molar-refractivity contribution in [2.45, 2.75) is 31.3 Å². The Morgan fingerprint density at radius 2 is 1.39 bits per heavy atom. The smallest absolute Gasteiger partial charge is 0.326 e. The zero-order chi connectivity index (χ0) is 25.1. The summed E-state index contributed by atoms with van der Waals surface area (Å²) in [5.74, 6) is 1.21. The summed E-state index contributed by atoms with van der Waals surface area (Å²) in [7, 11) is 3.26. The Bertz CT molecular complexity index is 1200. The zero-order valence-corrected chi connectivity index (χ0v) is 20.7. The van der Waals surface area contributed by atoms with Crippen LogP contribution < -0.4 is 14.8 Å². The van der Waals surface area contributed by atoms with Gasteiger partial charge in [0.25, 0.3) is 5.91 Å². The second-order valence-electron chi connectivity index (χ2n) is 9.49. The average Bonchev–Trinajstić information content (AvgIpc) is 3.12. The molecular formula is C29H31N3O4. The summed E-state index contributed by atoms with van der Waals surface area (Å²) in [4.78, 5) is 30.6. The van der Waals surface area contributed by atoms with Gasteiger partial charge in [-0.15, -0.1) is 0 Å². The van der Waals surface area contributed by atoms with Gasteiger partial charge < -0.3 is 14.8 Å². The Morgan fingerprint density at radius 3 is 1.94 bits per heavy atom. The molecule has 1 N–H and O–H groups in total. The molecular weight excluding hydrogens is 454 g/mol. The summed E-state index contributed by atoms with van der Waals surface area (Å²) >= 11 is 0. The fraction of sp³-hybridized carbons (Fsp3) is 0.310. The number of methoxy groups -OCH3 is 2. The summed E-state index contributed by atoms with van der Waals surface area (Å²) in [6, 6.07) is 23.4. The van der Waals surface area contributed by atoms with Crippen molar-refractivity contribution < 1.29 is 19.1 Å². The van der Waals surface area contributed by atoms with E-state index in [9.17, 15) is 9.59 Å². The summed E-state index contributed by atoms with van der Waals surface area (Å²) in [5.41, 5.74) is 3.31. The van der Waals surface area contributed by atoms with Crippen molar-refractivity contribution in [1.29, 1.82) is 0 Å². The molecule has 2 aliphatic heterocycles. The van der Waals surface area contributed by atoms with Crippen LogP contribution in [0.1, 0.15) is 22.3 Å². The van der Waals surface area contributed by atoms with Gasteiger partial charge in [-0.1, -0.05) is 60.7 Å². The third-order valence-corrected chi connectivity index (χ3v) is 7.08. The summed E-state index contributed by atoms with van der Waals surface area (Å²) < 4.78 is 10.9. The van der Waals surface area contributed by atoms with Gasteiger partial charge in [0, 0.05) is 25.9 Å². The fourth-order valence-electron chi connectivity index (χ4n) is 5.26. The average molecular weight is 486 g/mol. The van der Waals surface area contributed by atoms with Gasteiger partial charge in [0.05, 0.1) is 20.9 Å². The van der Waals surface area contributed by atoms with Crippen molar-refractivity contribution >= 4 is 11.9 Å². The number of imide groups is 1. The van der Waals surface area contributed by atoms with Crippen LogP contribution in [-0.4, -0.2) is 54.7 Å². The van der Waals surface area contributed by atoms with Crippen molar-refractivity contribution in [3.63, 3.8) is 0 Å². The van der Waals surface area contributed by atoms with Crippen molar-refractivity contribution in [2.75, 3.05) is 27.4 Å². The van der Waals surface area contributed by atoms with E-state index in [0.717, 1.165) is 29.7 Å². The van der Waals surface area contributed by atoms with E-state index in [1.165, 1.54) is 10.5 Å². The standard InChI is InChI=1S/C29H31N3O4/c1-35-25-15-23-13-14-31(19-24(23)16-26(25)36-2)20-32-27(33)29(30-28(32)34,17-21-9-5-3-6-10-21)18-22-11-7-4-8-12-22/h3-12,15-16H,13-14,17-20H2,1-2H3,(H,30,34). The molecule has 0 aromatic heterocycles. The number of ether oxygens (including phenoxy) is 2. The number of carbonyl (C=O) groups is 2. The Morgan fingerprint density at radius 1 is 0.833 bits per heavy atom. The predicted molar refractivity (Wildman–Crippen MR) is 137 cm³/mol. The molecule has 2 aliphatic rings. The number of fused-ring (bicyclic) bond motifs is 1. The van der Waals surface area contributed by atoms with Crippen LogP contribution in [0.4, 0.5) is 4.79 Å². The van der Waals surface area contributed by atoms with Crippen LogP contribution in [0.25, 0.3) is 0 Å². The SMILES string of the molecule is COc1cc2c(cc1OC)CN(CN1C(=O)NC(Cc3ccccc3)(Cc3ccccc3)C1=O)CC2. The third kappa shape index (κ3) is 4.66. The van der Waals surface area contributed by atoms with Crippen LogP contribution in [0.3, 0.4) is 0 Å². The molecule has 0 radical (unpaired) electrons. The third-order valence-electron chi connectivity index (χ3n) is 7.08. The van der Waals surface area contributed by atoms with E-state index >= 15 is 0 Å². The first kappa shape index (κ1) is 23.9. The number of urea groups is 1. The molecule has 2 heterocycles. The molecule has 1 fully saturated rings. The van der Waals surface area contributed by atoms with Gasteiger partial charge in [-0.05, 0) is 40.8 Å². The maximum Gasteiger partial charge on any atom is 0.326 e. The molecule has 3 amide bonds. The molecule has 0 spiro atoms. The summed E-state index contributed by atoms with van der Waals surface area (Å²) in [6.07, 6.45) is 1.67. The zero-order valence-electron chi connectivity index (χ0n) is 20.7. The van der Waals surface area contributed by atoms with Crippen LogP contribution in [0.2, 0.25) is 0 Å². The molecule has 3 aromatic carbocycles. The van der Waals surface area contributed by atoms with Gasteiger partial charge in [0.1, 0.15) is 5.54 Å². The highest BCUT2D eigenvalue weighted by Crippen LogP contribution is 2.34. The molecule has 0 unspecified atom stereocenters. The lowest BCUT2D eigenvalue weighted by Crippen LogP contribution is -2.51. The fourth-order valence-corrected chi connectivity index (χ4v) is 5.26. The van der Waals surface area contributed by atoms with E-state index in [1.54, 1.807) is 14.2 Å². The maximum absolute atomic E-state index is 13.9. The monoisotopic (exact) mass is 485 g/mol. The number of amides is 3. The number of hydrogen-bond donors (Lipinski definition) is 1. The van der Waals surface area contributed by atoms with Gasteiger partial charge in [-0.2, -0.15) is 0 Å². The number of nitrogens with one attached hydrogen (secondary N) is 1. The summed E-state index contributed by atoms with van der Waals surface area (Å²) in [5, 5.41) is 3.08. The Labute approximate surface area is 211 Å². The van der Waals surface area contributed by atoms with Crippen LogP contribution in [0.5, 0.6) is 11.5 Å². The van der Waals surface area contributed by atoms with Crippen molar-refractivity contribution in [3.8, 4) is 11.5 Å². The molecule has 186 valence electrons. The van der Waals surface area contributed by atoms with E-state index in [0.29, 0.717) is 30.9 Å². The van der Waals surface area contributed by atoms with Gasteiger partial charge in [0.2, 0.25) is 0 Å². The van der Waals surface area contributed by atoms with Gasteiger partial charge in [-0.25, -0.2) is 9.69 Å². The number of benzene rings is 3. The molecule has 0 atom stereocenters. The lowest BCUT2D eigenvalue weighted by Gasteiger charge is -2.32. The second kappa shape index (κ2) is 10.0. The topological polar surface area (TPSA) is 71.1 Å². The van der Waals surface area contributed by atoms with E-state index in [1.807, 2.05) is 72.8 Å². The van der Waals surface area contributed by atoms with Gasteiger partial charge in [0.15, 0.2) is 11.5 Å². The minimum atomic E-state index is -1.02. The maximum atomic E-state index is 13.9. The minimum absolute atomic E-state index is 0.182. The van der Waals surface area contributed by atoms with Crippen LogP contribution in [0, 0.1) is 0 Å². The van der Waals surface area contributed by atoms with Crippen molar-refractivity contribution in [3.05, 3.63) is 95.1 Å². The minimum Gasteiger partial charge on any atom is -0.493 e. The van der Waals surface area contributed by atoms with E-state index in [2.05, 4.69) is 10.2 Å². The van der Waals surface area contributed by atoms with Crippen LogP contribution in [0.15, 0.2) is 72.8 Å². The predicted octanol–water partition coefficient (Wildman–Crippen LogP) is 3.80. The Kier molecular flexibility index (Phi) is 6.65. The second-order valence-corrected chi connectivity index (χ2v) is 9.49. The van der Waals surface area contributed by atoms with Crippen LogP contribution in [-0.2, 0) is 30.6 Å². The lowest BCUT2D eigenvalue weighted by molar-refractivity contribution is -0.133. The van der Waals surface area contributed by atoms with Crippen molar-refractivity contribution in [1.82, 2.24) is 15.1 Å². The molecule has 0 saturated carbocycles. The quantitative estimate of drug-likeness (QED) is 0.492. The number of hydrogen-bond acceptors (Lipinski definition) is 5. The van der Waals surface area contributed by atoms with Gasteiger partial charge >= 0.3 is 6.03 Å². The summed E-state index contributed by atoms with van der Waals surface area (Å²) in [6.45, 7) is 1.60. The highest BCUT2D eigenvalue weighted by atomic mass is 16.5. The molecule has 7 nitrogen and oxygen atoms in total. The lowest BCUT2D eigenvalue weighted by atomic mass is 9.84. The Hall–Kier alpha value is -3.84. The molecule has 36 heavy (non-hydrogen) atoms. The van der Waals surface area contributed by atoms with E-state index < -0.39 is 5.54 Å². The Balaban J connectivity index is 1.38.